The molecule has 2 fully saturated rings. The van der Waals surface area contributed by atoms with E-state index in [0.717, 1.165) is 73.7 Å². The highest BCUT2D eigenvalue weighted by Crippen LogP contribution is 2.26. The largest absolute Gasteiger partial charge is 0.494 e. The lowest BCUT2D eigenvalue weighted by atomic mass is 10.0. The van der Waals surface area contributed by atoms with Gasteiger partial charge in [-0.2, -0.15) is 0 Å². The molecule has 0 radical (unpaired) electrons. The van der Waals surface area contributed by atoms with Crippen molar-refractivity contribution < 1.29 is 14.3 Å². The molecule has 1 aromatic heterocycles. The molecule has 2 amide bonds. The second kappa shape index (κ2) is 14.3. The van der Waals surface area contributed by atoms with E-state index in [-0.39, 0.29) is 11.8 Å². The number of hydrogen-bond acceptors (Lipinski definition) is 5. The molecule has 0 atom stereocenters. The first kappa shape index (κ1) is 29.6. The van der Waals surface area contributed by atoms with Crippen molar-refractivity contribution >= 4 is 11.8 Å². The van der Waals surface area contributed by atoms with Crippen LogP contribution in [0.5, 0.6) is 5.75 Å². The van der Waals surface area contributed by atoms with Gasteiger partial charge in [0.25, 0.3) is 5.91 Å². The Balaban J connectivity index is 1.01. The molecule has 7 heteroatoms. The van der Waals surface area contributed by atoms with Crippen LogP contribution in [0.4, 0.5) is 0 Å². The van der Waals surface area contributed by atoms with Crippen LogP contribution >= 0.6 is 0 Å². The van der Waals surface area contributed by atoms with Crippen molar-refractivity contribution in [2.24, 2.45) is 0 Å². The first-order valence-corrected chi connectivity index (χ1v) is 15.8. The second-order valence-corrected chi connectivity index (χ2v) is 11.6. The maximum atomic E-state index is 13.8. The highest BCUT2D eigenvalue weighted by Gasteiger charge is 2.30. The average molecular weight is 589 g/mol. The molecule has 2 saturated heterocycles. The lowest BCUT2D eigenvalue weighted by Gasteiger charge is -2.42. The van der Waals surface area contributed by atoms with E-state index in [1.165, 1.54) is 0 Å². The van der Waals surface area contributed by atoms with Crippen LogP contribution in [0, 0.1) is 0 Å². The fourth-order valence-corrected chi connectivity index (χ4v) is 6.21. The third-order valence-electron chi connectivity index (χ3n) is 8.69. The Morgan fingerprint density at radius 2 is 1.23 bits per heavy atom. The summed E-state index contributed by atoms with van der Waals surface area (Å²) >= 11 is 0. The van der Waals surface area contributed by atoms with Gasteiger partial charge in [0.15, 0.2) is 0 Å². The number of hydrogen-bond donors (Lipinski definition) is 0. The summed E-state index contributed by atoms with van der Waals surface area (Å²) in [5.74, 6) is 1.12. The van der Waals surface area contributed by atoms with Gasteiger partial charge in [-0.3, -0.25) is 14.5 Å². The summed E-state index contributed by atoms with van der Waals surface area (Å²) < 4.78 is 5.74. The number of nitrogens with zero attached hydrogens (tertiary/aromatic N) is 4. The van der Waals surface area contributed by atoms with Gasteiger partial charge in [-0.1, -0.05) is 78.9 Å². The molecule has 0 bridgehead atoms. The summed E-state index contributed by atoms with van der Waals surface area (Å²) in [5.41, 5.74) is 4.27. The van der Waals surface area contributed by atoms with E-state index in [1.54, 1.807) is 0 Å². The Morgan fingerprint density at radius 3 is 1.80 bits per heavy atom. The molecule has 0 N–H and O–H groups in total. The van der Waals surface area contributed by atoms with Gasteiger partial charge >= 0.3 is 0 Å². The molecule has 6 rings (SSSR count). The standard InChI is InChI=1S/C37H40N4O3/c42-36(17-10-26-44-33-15-8-3-9-16-33)40-20-18-32(19-21-40)39-22-24-41(25-23-39)37(43)31-27-34(29-11-4-1-5-12-29)38-35(28-31)30-13-6-2-7-14-30/h1-9,11-16,27-28,32H,10,17-26H2. The molecule has 7 nitrogen and oxygen atoms in total. The molecule has 4 aromatic rings. The van der Waals surface area contributed by atoms with Gasteiger partial charge in [0.1, 0.15) is 5.75 Å². The molecule has 0 spiro atoms. The van der Waals surface area contributed by atoms with Crippen LogP contribution in [0.3, 0.4) is 0 Å². The number of carbonyl (C=O) groups excluding carboxylic acids is 2. The van der Waals surface area contributed by atoms with Crippen LogP contribution in [0.2, 0.25) is 0 Å². The molecule has 2 aliphatic rings. The van der Waals surface area contributed by atoms with E-state index in [0.29, 0.717) is 37.7 Å². The van der Waals surface area contributed by atoms with Crippen LogP contribution in [0.25, 0.3) is 22.5 Å². The molecule has 3 aromatic carbocycles. The number of rotatable bonds is 9. The fraction of sp³-hybridized carbons (Fsp3) is 0.324. The summed E-state index contributed by atoms with van der Waals surface area (Å²) in [5, 5.41) is 0. The fourth-order valence-electron chi connectivity index (χ4n) is 6.21. The summed E-state index contributed by atoms with van der Waals surface area (Å²) in [6.45, 7) is 5.24. The van der Waals surface area contributed by atoms with Gasteiger partial charge in [0.05, 0.1) is 18.0 Å². The molecular weight excluding hydrogens is 548 g/mol. The quantitative estimate of drug-likeness (QED) is 0.224. The van der Waals surface area contributed by atoms with Gasteiger partial charge in [0.2, 0.25) is 5.91 Å². The Bertz CT molecular complexity index is 1460. The van der Waals surface area contributed by atoms with E-state index in [2.05, 4.69) is 4.90 Å². The maximum absolute atomic E-state index is 13.8. The van der Waals surface area contributed by atoms with Crippen LogP contribution in [-0.2, 0) is 4.79 Å². The van der Waals surface area contributed by atoms with E-state index in [9.17, 15) is 9.59 Å². The van der Waals surface area contributed by atoms with E-state index >= 15 is 0 Å². The van der Waals surface area contributed by atoms with Crippen molar-refractivity contribution in [3.8, 4) is 28.3 Å². The number of carbonyl (C=O) groups is 2. The predicted molar refractivity (Wildman–Crippen MR) is 173 cm³/mol. The number of para-hydroxylation sites is 1. The highest BCUT2D eigenvalue weighted by atomic mass is 16.5. The topological polar surface area (TPSA) is 66.0 Å². The van der Waals surface area contributed by atoms with Crippen LogP contribution in [-0.4, -0.2) is 83.4 Å². The van der Waals surface area contributed by atoms with E-state index in [4.69, 9.17) is 9.72 Å². The van der Waals surface area contributed by atoms with Crippen molar-refractivity contribution in [3.05, 3.63) is 109 Å². The first-order chi connectivity index (χ1) is 21.6. The zero-order valence-electron chi connectivity index (χ0n) is 25.2. The number of aromatic nitrogens is 1. The number of piperazine rings is 1. The minimum atomic E-state index is 0.0538. The minimum absolute atomic E-state index is 0.0538. The summed E-state index contributed by atoms with van der Waals surface area (Å²) in [7, 11) is 0. The van der Waals surface area contributed by atoms with Crippen molar-refractivity contribution in [2.75, 3.05) is 45.9 Å². The second-order valence-electron chi connectivity index (χ2n) is 11.6. The number of likely N-dealkylation sites (tertiary alicyclic amines) is 1. The molecule has 0 saturated carbocycles. The number of ether oxygens (including phenoxy) is 1. The molecule has 3 heterocycles. The normalized spacial score (nSPS) is 16.1. The Morgan fingerprint density at radius 1 is 0.682 bits per heavy atom. The van der Waals surface area contributed by atoms with Crippen LogP contribution < -0.4 is 4.74 Å². The molecule has 226 valence electrons. The Kier molecular flexibility index (Phi) is 9.63. The smallest absolute Gasteiger partial charge is 0.254 e. The summed E-state index contributed by atoms with van der Waals surface area (Å²) in [6, 6.07) is 34.1. The van der Waals surface area contributed by atoms with E-state index in [1.807, 2.05) is 113 Å². The van der Waals surface area contributed by atoms with Gasteiger partial charge < -0.3 is 14.5 Å². The Labute approximate surface area is 260 Å². The van der Waals surface area contributed by atoms with Gasteiger partial charge in [-0.15, -0.1) is 0 Å². The Hall–Kier alpha value is -4.49. The van der Waals surface area contributed by atoms with Crippen molar-refractivity contribution in [1.29, 1.82) is 0 Å². The summed E-state index contributed by atoms with van der Waals surface area (Å²) in [6.07, 6.45) is 3.20. The predicted octanol–water partition coefficient (Wildman–Crippen LogP) is 6.02. The number of amides is 2. The third-order valence-corrected chi connectivity index (χ3v) is 8.69. The van der Waals surface area contributed by atoms with Crippen molar-refractivity contribution in [2.45, 2.75) is 31.7 Å². The average Bonchev–Trinajstić information content (AvgIpc) is 3.11. The van der Waals surface area contributed by atoms with E-state index < -0.39 is 0 Å². The van der Waals surface area contributed by atoms with Crippen molar-refractivity contribution in [1.82, 2.24) is 19.7 Å². The van der Waals surface area contributed by atoms with Crippen LogP contribution in [0.1, 0.15) is 36.0 Å². The SMILES string of the molecule is O=C(CCCOc1ccccc1)N1CCC(N2CCN(C(=O)c3cc(-c4ccccc4)nc(-c4ccccc4)c3)CC2)CC1. The molecular formula is C37H40N4O3. The third kappa shape index (κ3) is 7.34. The van der Waals surface area contributed by atoms with Gasteiger partial charge in [-0.25, -0.2) is 4.98 Å². The zero-order valence-corrected chi connectivity index (χ0v) is 25.2. The molecule has 44 heavy (non-hydrogen) atoms. The van der Waals surface area contributed by atoms with Crippen LogP contribution in [0.15, 0.2) is 103 Å². The molecule has 2 aliphatic heterocycles. The number of piperidine rings is 1. The maximum Gasteiger partial charge on any atom is 0.254 e. The molecule has 0 aliphatic carbocycles. The first-order valence-electron chi connectivity index (χ1n) is 15.8. The lowest BCUT2D eigenvalue weighted by Crippen LogP contribution is -2.54. The highest BCUT2D eigenvalue weighted by molar-refractivity contribution is 5.96. The number of benzene rings is 3. The van der Waals surface area contributed by atoms with Gasteiger partial charge in [0, 0.05) is 68.4 Å². The minimum Gasteiger partial charge on any atom is -0.494 e. The summed E-state index contributed by atoms with van der Waals surface area (Å²) in [4.78, 5) is 38.0. The lowest BCUT2D eigenvalue weighted by molar-refractivity contribution is -0.133. The van der Waals surface area contributed by atoms with Crippen molar-refractivity contribution in [3.63, 3.8) is 0 Å². The monoisotopic (exact) mass is 588 g/mol. The van der Waals surface area contributed by atoms with Gasteiger partial charge in [-0.05, 0) is 43.5 Å². The molecule has 0 unspecified atom stereocenters. The number of pyridine rings is 1. The zero-order chi connectivity index (χ0) is 30.1.